The number of nitrogens with one attached hydrogen (secondary N) is 2. The van der Waals surface area contributed by atoms with Gasteiger partial charge in [0, 0.05) is 19.1 Å². The van der Waals surface area contributed by atoms with Crippen LogP contribution >= 0.6 is 0 Å². The number of nitrogens with zero attached hydrogens (tertiary/aromatic N) is 1. The molecule has 1 amide bonds. The summed E-state index contributed by atoms with van der Waals surface area (Å²) in [6, 6.07) is 0.599. The van der Waals surface area contributed by atoms with E-state index in [0.29, 0.717) is 12.0 Å². The molecule has 0 spiro atoms. The third-order valence-electron chi connectivity index (χ3n) is 4.51. The predicted octanol–water partition coefficient (Wildman–Crippen LogP) is 1.61. The molecule has 3 unspecified atom stereocenters. The van der Waals surface area contributed by atoms with E-state index in [0.717, 1.165) is 32.5 Å². The smallest absolute Gasteiger partial charge is 0.237 e. The van der Waals surface area contributed by atoms with Crippen LogP contribution in [0.4, 0.5) is 0 Å². The number of piperidine rings is 1. The lowest BCUT2D eigenvalue weighted by atomic mass is 9.90. The second-order valence-corrected chi connectivity index (χ2v) is 5.83. The summed E-state index contributed by atoms with van der Waals surface area (Å²) in [6.45, 7) is 9.27. The Bertz CT molecular complexity index is 270. The van der Waals surface area contributed by atoms with Crippen molar-refractivity contribution in [3.8, 4) is 0 Å². The zero-order chi connectivity index (χ0) is 14.3. The van der Waals surface area contributed by atoms with Gasteiger partial charge in [-0.05, 0) is 45.7 Å². The Kier molecular flexibility index (Phi) is 7.39. The SMILES string of the molecule is CCC1CCNC(C(=O)NCCN(C)C(C)CC)C1. The second kappa shape index (κ2) is 8.54. The number of hydrogen-bond acceptors (Lipinski definition) is 3. The zero-order valence-electron chi connectivity index (χ0n) is 13.0. The maximum atomic E-state index is 12.1. The maximum Gasteiger partial charge on any atom is 0.237 e. The third kappa shape index (κ3) is 5.49. The molecule has 1 rings (SSSR count). The summed E-state index contributed by atoms with van der Waals surface area (Å²) >= 11 is 0. The van der Waals surface area contributed by atoms with Gasteiger partial charge in [0.1, 0.15) is 0 Å². The van der Waals surface area contributed by atoms with Crippen LogP contribution in [0.1, 0.15) is 46.5 Å². The number of carbonyl (C=O) groups is 1. The Balaban J connectivity index is 2.23. The van der Waals surface area contributed by atoms with Gasteiger partial charge in [0.2, 0.25) is 5.91 Å². The van der Waals surface area contributed by atoms with E-state index in [9.17, 15) is 4.79 Å². The molecule has 1 aliphatic rings. The molecule has 1 heterocycles. The van der Waals surface area contributed by atoms with Gasteiger partial charge < -0.3 is 15.5 Å². The summed E-state index contributed by atoms with van der Waals surface area (Å²) in [5.41, 5.74) is 0. The van der Waals surface area contributed by atoms with Crippen LogP contribution in [0.5, 0.6) is 0 Å². The van der Waals surface area contributed by atoms with E-state index >= 15 is 0 Å². The van der Waals surface area contributed by atoms with Gasteiger partial charge in [0.05, 0.1) is 6.04 Å². The lowest BCUT2D eigenvalue weighted by molar-refractivity contribution is -0.124. The fourth-order valence-corrected chi connectivity index (χ4v) is 2.58. The zero-order valence-corrected chi connectivity index (χ0v) is 13.0. The number of rotatable bonds is 7. The van der Waals surface area contributed by atoms with E-state index in [2.05, 4.69) is 43.4 Å². The van der Waals surface area contributed by atoms with Crippen molar-refractivity contribution in [1.82, 2.24) is 15.5 Å². The normalized spacial score (nSPS) is 25.3. The molecule has 0 aromatic rings. The molecule has 1 saturated heterocycles. The number of amides is 1. The number of hydrogen-bond donors (Lipinski definition) is 2. The molecule has 19 heavy (non-hydrogen) atoms. The molecule has 0 radical (unpaired) electrons. The van der Waals surface area contributed by atoms with Gasteiger partial charge in [-0.1, -0.05) is 20.3 Å². The van der Waals surface area contributed by atoms with Gasteiger partial charge in [0.25, 0.3) is 0 Å². The van der Waals surface area contributed by atoms with E-state index in [4.69, 9.17) is 0 Å². The molecule has 4 heteroatoms. The molecule has 2 N–H and O–H groups in total. The molecule has 4 nitrogen and oxygen atoms in total. The Labute approximate surface area is 118 Å². The molecule has 0 saturated carbocycles. The Morgan fingerprint density at radius 1 is 1.47 bits per heavy atom. The summed E-state index contributed by atoms with van der Waals surface area (Å²) in [5.74, 6) is 0.885. The largest absolute Gasteiger partial charge is 0.353 e. The van der Waals surface area contributed by atoms with Gasteiger partial charge in [0.15, 0.2) is 0 Å². The fourth-order valence-electron chi connectivity index (χ4n) is 2.58. The van der Waals surface area contributed by atoms with Gasteiger partial charge >= 0.3 is 0 Å². The lowest BCUT2D eigenvalue weighted by Crippen LogP contribution is -2.50. The molecular formula is C15H31N3O. The van der Waals surface area contributed by atoms with Crippen LogP contribution in [0.3, 0.4) is 0 Å². The van der Waals surface area contributed by atoms with E-state index in [1.165, 1.54) is 12.8 Å². The highest BCUT2D eigenvalue weighted by Crippen LogP contribution is 2.19. The lowest BCUT2D eigenvalue weighted by Gasteiger charge is -2.29. The van der Waals surface area contributed by atoms with Gasteiger partial charge in [-0.25, -0.2) is 0 Å². The van der Waals surface area contributed by atoms with E-state index in [1.807, 2.05) is 0 Å². The van der Waals surface area contributed by atoms with E-state index in [1.54, 1.807) is 0 Å². The van der Waals surface area contributed by atoms with Crippen LogP contribution in [-0.2, 0) is 4.79 Å². The maximum absolute atomic E-state index is 12.1. The fraction of sp³-hybridized carbons (Fsp3) is 0.933. The van der Waals surface area contributed by atoms with Crippen LogP contribution in [0.15, 0.2) is 0 Å². The van der Waals surface area contributed by atoms with Crippen molar-refractivity contribution in [3.05, 3.63) is 0 Å². The molecule has 112 valence electrons. The monoisotopic (exact) mass is 269 g/mol. The van der Waals surface area contributed by atoms with Crippen molar-refractivity contribution < 1.29 is 4.79 Å². The van der Waals surface area contributed by atoms with Crippen molar-refractivity contribution in [1.29, 1.82) is 0 Å². The van der Waals surface area contributed by atoms with Crippen LogP contribution in [0, 0.1) is 5.92 Å². The Morgan fingerprint density at radius 2 is 2.21 bits per heavy atom. The Morgan fingerprint density at radius 3 is 2.84 bits per heavy atom. The molecule has 0 bridgehead atoms. The quantitative estimate of drug-likeness (QED) is 0.738. The predicted molar refractivity (Wildman–Crippen MR) is 80.2 cm³/mol. The Hall–Kier alpha value is -0.610. The summed E-state index contributed by atoms with van der Waals surface area (Å²) in [5, 5.41) is 6.39. The van der Waals surface area contributed by atoms with Crippen LogP contribution in [0.25, 0.3) is 0 Å². The van der Waals surface area contributed by atoms with Crippen molar-refractivity contribution in [2.75, 3.05) is 26.7 Å². The molecular weight excluding hydrogens is 238 g/mol. The first-order valence-electron chi connectivity index (χ1n) is 7.79. The molecule has 1 fully saturated rings. The molecule has 0 aliphatic carbocycles. The minimum atomic E-state index is 0.0209. The average Bonchev–Trinajstić information content (AvgIpc) is 2.46. The summed E-state index contributed by atoms with van der Waals surface area (Å²) in [6.07, 6.45) is 4.52. The van der Waals surface area contributed by atoms with Gasteiger partial charge in [-0.2, -0.15) is 0 Å². The van der Waals surface area contributed by atoms with Crippen LogP contribution in [0.2, 0.25) is 0 Å². The number of likely N-dealkylation sites (N-methyl/N-ethyl adjacent to an activating group) is 1. The van der Waals surface area contributed by atoms with E-state index in [-0.39, 0.29) is 11.9 Å². The van der Waals surface area contributed by atoms with Crippen LogP contribution < -0.4 is 10.6 Å². The van der Waals surface area contributed by atoms with Crippen molar-refractivity contribution in [2.45, 2.75) is 58.5 Å². The summed E-state index contributed by atoms with van der Waals surface area (Å²) < 4.78 is 0. The van der Waals surface area contributed by atoms with Crippen molar-refractivity contribution in [3.63, 3.8) is 0 Å². The van der Waals surface area contributed by atoms with E-state index < -0.39 is 0 Å². The first-order chi connectivity index (χ1) is 9.08. The highest BCUT2D eigenvalue weighted by atomic mass is 16.2. The molecule has 1 aliphatic heterocycles. The highest BCUT2D eigenvalue weighted by molar-refractivity contribution is 5.81. The van der Waals surface area contributed by atoms with Crippen molar-refractivity contribution in [2.24, 2.45) is 5.92 Å². The van der Waals surface area contributed by atoms with Crippen LogP contribution in [-0.4, -0.2) is 49.6 Å². The minimum absolute atomic E-state index is 0.0209. The third-order valence-corrected chi connectivity index (χ3v) is 4.51. The summed E-state index contributed by atoms with van der Waals surface area (Å²) in [4.78, 5) is 14.4. The number of carbonyl (C=O) groups excluding carboxylic acids is 1. The topological polar surface area (TPSA) is 44.4 Å². The van der Waals surface area contributed by atoms with Crippen molar-refractivity contribution >= 4 is 5.91 Å². The first kappa shape index (κ1) is 16.4. The molecule has 0 aromatic carbocycles. The molecule has 0 aromatic heterocycles. The minimum Gasteiger partial charge on any atom is -0.353 e. The average molecular weight is 269 g/mol. The van der Waals surface area contributed by atoms with Gasteiger partial charge in [-0.3, -0.25) is 4.79 Å². The second-order valence-electron chi connectivity index (χ2n) is 5.83. The summed E-state index contributed by atoms with van der Waals surface area (Å²) in [7, 11) is 2.12. The first-order valence-corrected chi connectivity index (χ1v) is 7.79. The highest BCUT2D eigenvalue weighted by Gasteiger charge is 2.25. The van der Waals surface area contributed by atoms with Gasteiger partial charge in [-0.15, -0.1) is 0 Å². The molecule has 3 atom stereocenters. The standard InChI is InChI=1S/C15H31N3O/c1-5-12(3)18(4)10-9-17-15(19)14-11-13(6-2)7-8-16-14/h12-14,16H,5-11H2,1-4H3,(H,17,19).